The normalized spacial score (nSPS) is 28.2. The Kier molecular flexibility index (Phi) is 5.08. The van der Waals surface area contributed by atoms with Gasteiger partial charge in [-0.1, -0.05) is 32.4 Å². The van der Waals surface area contributed by atoms with Crippen LogP contribution in [0.15, 0.2) is 23.3 Å². The van der Waals surface area contributed by atoms with Gasteiger partial charge in [-0.05, 0) is 61.3 Å². The molecule has 1 aromatic rings. The second kappa shape index (κ2) is 6.73. The molecule has 3 atom stereocenters. The summed E-state index contributed by atoms with van der Waals surface area (Å²) >= 11 is 5.95. The standard InChI is InChI=1S/C20H24ClF3N2O2/c1-11-9-12(5-7-15(11)21)17(27)26-19(28,20(22,23)24)14-10-13(18(2,3)4)6-8-16(14)25-26/h5,7,9,13-14,28H,6,8,10H2,1-4H3/t13-,14+,19+/m0/s1. The maximum Gasteiger partial charge on any atom is 0.439 e. The minimum Gasteiger partial charge on any atom is -0.362 e. The molecule has 0 spiro atoms. The lowest BCUT2D eigenvalue weighted by molar-refractivity contribution is -0.314. The Labute approximate surface area is 167 Å². The van der Waals surface area contributed by atoms with Gasteiger partial charge in [0.25, 0.3) is 11.6 Å². The van der Waals surface area contributed by atoms with Gasteiger partial charge in [-0.15, -0.1) is 0 Å². The van der Waals surface area contributed by atoms with E-state index in [1.807, 2.05) is 20.8 Å². The van der Waals surface area contributed by atoms with Crippen LogP contribution in [-0.2, 0) is 0 Å². The van der Waals surface area contributed by atoms with E-state index in [9.17, 15) is 23.1 Å². The Balaban J connectivity index is 2.03. The molecule has 0 unspecified atom stereocenters. The average molecular weight is 417 g/mol. The molecule has 154 valence electrons. The summed E-state index contributed by atoms with van der Waals surface area (Å²) in [5.41, 5.74) is -2.76. The molecule has 1 aliphatic heterocycles. The van der Waals surface area contributed by atoms with Crippen molar-refractivity contribution in [2.45, 2.75) is 58.9 Å². The number of hydrazone groups is 1. The van der Waals surface area contributed by atoms with E-state index >= 15 is 0 Å². The van der Waals surface area contributed by atoms with Crippen molar-refractivity contribution in [1.29, 1.82) is 0 Å². The first-order valence-electron chi connectivity index (χ1n) is 9.24. The predicted molar refractivity (Wildman–Crippen MR) is 101 cm³/mol. The summed E-state index contributed by atoms with van der Waals surface area (Å²) in [6.07, 6.45) is -3.91. The number of benzene rings is 1. The largest absolute Gasteiger partial charge is 0.439 e. The minimum absolute atomic E-state index is 0.0000525. The number of aliphatic hydroxyl groups is 1. The monoisotopic (exact) mass is 416 g/mol. The number of hydrogen-bond acceptors (Lipinski definition) is 3. The zero-order chi connectivity index (χ0) is 21.1. The Bertz CT molecular complexity index is 832. The van der Waals surface area contributed by atoms with Gasteiger partial charge in [0.1, 0.15) is 0 Å². The van der Waals surface area contributed by atoms with Crippen molar-refractivity contribution in [3.63, 3.8) is 0 Å². The van der Waals surface area contributed by atoms with Crippen molar-refractivity contribution < 1.29 is 23.1 Å². The van der Waals surface area contributed by atoms with E-state index in [0.717, 1.165) is 0 Å². The summed E-state index contributed by atoms with van der Waals surface area (Å²) in [4.78, 5) is 12.9. The molecule has 0 radical (unpaired) electrons. The SMILES string of the molecule is Cc1cc(C(=O)N2N=C3CC[C@H](C(C)(C)C)C[C@H]3[C@@]2(O)C(F)(F)F)ccc1Cl. The summed E-state index contributed by atoms with van der Waals surface area (Å²) in [5.74, 6) is -2.27. The molecule has 1 aromatic carbocycles. The number of carbonyl (C=O) groups excluding carboxylic acids is 1. The fourth-order valence-corrected chi connectivity index (χ4v) is 4.23. The number of amides is 1. The summed E-state index contributed by atoms with van der Waals surface area (Å²) in [5, 5.41) is 15.5. The molecule has 8 heteroatoms. The second-order valence-corrected chi connectivity index (χ2v) is 9.19. The summed E-state index contributed by atoms with van der Waals surface area (Å²) in [6, 6.07) is 4.19. The molecule has 0 bridgehead atoms. The number of fused-ring (bicyclic) bond motifs is 1. The van der Waals surface area contributed by atoms with E-state index in [4.69, 9.17) is 11.6 Å². The predicted octanol–water partition coefficient (Wildman–Crippen LogP) is 5.17. The Morgan fingerprint density at radius 3 is 2.50 bits per heavy atom. The van der Waals surface area contributed by atoms with Crippen molar-refractivity contribution in [3.05, 3.63) is 34.3 Å². The number of alkyl halides is 3. The van der Waals surface area contributed by atoms with Crippen molar-refractivity contribution >= 4 is 23.2 Å². The van der Waals surface area contributed by atoms with Gasteiger partial charge < -0.3 is 5.11 Å². The lowest BCUT2D eigenvalue weighted by Gasteiger charge is -2.42. The fourth-order valence-electron chi connectivity index (χ4n) is 4.11. The first kappa shape index (κ1) is 21.1. The van der Waals surface area contributed by atoms with Crippen LogP contribution in [0.3, 0.4) is 0 Å². The zero-order valence-corrected chi connectivity index (χ0v) is 17.0. The van der Waals surface area contributed by atoms with Crippen LogP contribution in [-0.4, -0.2) is 33.6 Å². The number of nitrogens with zero attached hydrogens (tertiary/aromatic N) is 2. The Hall–Kier alpha value is -1.60. The topological polar surface area (TPSA) is 52.9 Å². The van der Waals surface area contributed by atoms with Crippen LogP contribution in [0, 0.1) is 24.2 Å². The molecule has 1 N–H and O–H groups in total. The number of rotatable bonds is 1. The van der Waals surface area contributed by atoms with Gasteiger partial charge >= 0.3 is 6.18 Å². The van der Waals surface area contributed by atoms with Gasteiger partial charge in [0.15, 0.2) is 0 Å². The van der Waals surface area contributed by atoms with Crippen LogP contribution >= 0.6 is 11.6 Å². The third-order valence-electron chi connectivity index (χ3n) is 5.95. The Morgan fingerprint density at radius 1 is 1.32 bits per heavy atom. The molecular formula is C20H24ClF3N2O2. The van der Waals surface area contributed by atoms with E-state index in [1.165, 1.54) is 18.2 Å². The fraction of sp³-hybridized carbons (Fsp3) is 0.600. The van der Waals surface area contributed by atoms with Gasteiger partial charge in [0.05, 0.1) is 5.92 Å². The summed E-state index contributed by atoms with van der Waals surface area (Å²) in [7, 11) is 0. The molecule has 2 aliphatic rings. The summed E-state index contributed by atoms with van der Waals surface area (Å²) in [6.45, 7) is 7.57. The highest BCUT2D eigenvalue weighted by atomic mass is 35.5. The van der Waals surface area contributed by atoms with Gasteiger partial charge in [-0.3, -0.25) is 4.79 Å². The van der Waals surface area contributed by atoms with E-state index in [1.54, 1.807) is 6.92 Å². The van der Waals surface area contributed by atoms with E-state index in [2.05, 4.69) is 5.10 Å². The molecule has 3 rings (SSSR count). The first-order valence-corrected chi connectivity index (χ1v) is 9.61. The van der Waals surface area contributed by atoms with Crippen molar-refractivity contribution in [1.82, 2.24) is 5.01 Å². The van der Waals surface area contributed by atoms with Crippen molar-refractivity contribution in [2.75, 3.05) is 0 Å². The average Bonchev–Trinajstić information content (AvgIpc) is 2.89. The van der Waals surface area contributed by atoms with Crippen LogP contribution in [0.4, 0.5) is 13.2 Å². The van der Waals surface area contributed by atoms with Gasteiger partial charge in [0.2, 0.25) is 0 Å². The number of hydrogen-bond donors (Lipinski definition) is 1. The third kappa shape index (κ3) is 3.32. The highest BCUT2D eigenvalue weighted by Gasteiger charge is 2.69. The summed E-state index contributed by atoms with van der Waals surface area (Å²) < 4.78 is 42.2. The van der Waals surface area contributed by atoms with Crippen LogP contribution < -0.4 is 0 Å². The first-order chi connectivity index (χ1) is 12.8. The number of halogens is 4. The molecule has 28 heavy (non-hydrogen) atoms. The molecule has 0 aromatic heterocycles. The van der Waals surface area contributed by atoms with E-state index < -0.39 is 23.7 Å². The molecule has 1 amide bonds. The maximum atomic E-state index is 14.1. The van der Waals surface area contributed by atoms with Crippen LogP contribution in [0.1, 0.15) is 56.0 Å². The molecule has 1 aliphatic carbocycles. The lowest BCUT2D eigenvalue weighted by atomic mass is 9.66. The second-order valence-electron chi connectivity index (χ2n) is 8.79. The van der Waals surface area contributed by atoms with Crippen LogP contribution in [0.5, 0.6) is 0 Å². The van der Waals surface area contributed by atoms with Gasteiger partial charge in [-0.25, -0.2) is 0 Å². The maximum absolute atomic E-state index is 14.1. The lowest BCUT2D eigenvalue weighted by Crippen LogP contribution is -2.62. The van der Waals surface area contributed by atoms with Crippen molar-refractivity contribution in [3.8, 4) is 0 Å². The van der Waals surface area contributed by atoms with Gasteiger partial charge in [-0.2, -0.15) is 23.3 Å². The molecule has 4 nitrogen and oxygen atoms in total. The van der Waals surface area contributed by atoms with Crippen molar-refractivity contribution in [2.24, 2.45) is 22.4 Å². The smallest absolute Gasteiger partial charge is 0.362 e. The van der Waals surface area contributed by atoms with E-state index in [-0.39, 0.29) is 34.0 Å². The Morgan fingerprint density at radius 2 is 1.96 bits per heavy atom. The van der Waals surface area contributed by atoms with E-state index in [0.29, 0.717) is 23.4 Å². The van der Waals surface area contributed by atoms with Crippen LogP contribution in [0.2, 0.25) is 5.02 Å². The minimum atomic E-state index is -5.04. The number of carbonyl (C=O) groups is 1. The molecule has 0 saturated heterocycles. The zero-order valence-electron chi connectivity index (χ0n) is 16.3. The highest BCUT2D eigenvalue weighted by molar-refractivity contribution is 6.31. The third-order valence-corrected chi connectivity index (χ3v) is 6.37. The molecule has 1 fully saturated rings. The van der Waals surface area contributed by atoms with Crippen LogP contribution in [0.25, 0.3) is 0 Å². The molecule has 1 heterocycles. The van der Waals surface area contributed by atoms with Gasteiger partial charge in [0, 0.05) is 16.3 Å². The quantitative estimate of drug-likeness (QED) is 0.686. The molecule has 1 saturated carbocycles. The molecular weight excluding hydrogens is 393 g/mol. The number of aryl methyl sites for hydroxylation is 1. The highest BCUT2D eigenvalue weighted by Crippen LogP contribution is 2.52.